The van der Waals surface area contributed by atoms with E-state index < -0.39 is 108 Å². The number of guanidine groups is 1. The standard InChI is InChI=1S/C32H55N11O12S2/c1-16(44)38-19(6-8-23(33)45)28(52)43-22(15-25(48)49)31(55)42-21(11-14-57-3)30(54)40-18(5-4-12-37-32(35)36)27(51)41-20(10-13-56-2)29(53)39-17(26(34)50)7-9-24(46)47/h17-22H,4-15H2,1-3H3,(H2,33,45)(H2,34,50)(H,38,44)(H,39,53)(H,40,54)(H,41,51)(H,42,55)(H,43,52)(H,46,47)(H,48,49)(H4,35,36,37)/t17-,18-,19-,20-,21-,22-/m0/s1. The summed E-state index contributed by atoms with van der Waals surface area (Å²) in [4.78, 5) is 125. The number of rotatable bonds is 30. The Morgan fingerprint density at radius 3 is 1.35 bits per heavy atom. The minimum absolute atomic E-state index is 0.0383. The molecule has 0 aromatic rings. The summed E-state index contributed by atoms with van der Waals surface area (Å²) in [5.41, 5.74) is 15.9. The summed E-state index contributed by atoms with van der Waals surface area (Å²) < 4.78 is 0. The first-order valence-electron chi connectivity index (χ1n) is 17.6. The van der Waals surface area contributed by atoms with Gasteiger partial charge in [-0.05, 0) is 62.5 Å². The number of thioether (sulfide) groups is 2. The van der Waals surface area contributed by atoms with Crippen LogP contribution in [0.5, 0.6) is 0 Å². The normalized spacial score (nSPS) is 13.8. The number of hydrogen-bond donors (Lipinski definition) is 13. The van der Waals surface area contributed by atoms with Gasteiger partial charge in [-0.25, -0.2) is 0 Å². The highest BCUT2D eigenvalue weighted by atomic mass is 32.2. The minimum Gasteiger partial charge on any atom is -0.481 e. The van der Waals surface area contributed by atoms with E-state index in [1.54, 1.807) is 12.5 Å². The lowest BCUT2D eigenvalue weighted by Crippen LogP contribution is -2.60. The van der Waals surface area contributed by atoms with Gasteiger partial charge in [-0.2, -0.15) is 23.5 Å². The summed E-state index contributed by atoms with van der Waals surface area (Å²) >= 11 is 2.63. The van der Waals surface area contributed by atoms with Crippen molar-refractivity contribution in [3.05, 3.63) is 0 Å². The molecule has 0 unspecified atom stereocenters. The van der Waals surface area contributed by atoms with Crippen molar-refractivity contribution in [3.8, 4) is 0 Å². The molecule has 0 rings (SSSR count). The van der Waals surface area contributed by atoms with Gasteiger partial charge in [-0.15, -0.1) is 0 Å². The molecule has 0 aliphatic rings. The zero-order valence-corrected chi connectivity index (χ0v) is 33.6. The molecule has 23 nitrogen and oxygen atoms in total. The van der Waals surface area contributed by atoms with Crippen molar-refractivity contribution in [2.75, 3.05) is 30.6 Å². The van der Waals surface area contributed by atoms with Gasteiger partial charge < -0.3 is 64.6 Å². The fraction of sp³-hybridized carbons (Fsp3) is 0.656. The van der Waals surface area contributed by atoms with E-state index in [0.29, 0.717) is 5.75 Å². The molecule has 0 aliphatic heterocycles. The Hall–Kier alpha value is -5.33. The Bertz CT molecular complexity index is 1460. The van der Waals surface area contributed by atoms with Crippen LogP contribution in [0.2, 0.25) is 0 Å². The highest BCUT2D eigenvalue weighted by Gasteiger charge is 2.34. The fourth-order valence-electron chi connectivity index (χ4n) is 4.91. The lowest BCUT2D eigenvalue weighted by atomic mass is 10.1. The lowest BCUT2D eigenvalue weighted by Gasteiger charge is -2.27. The van der Waals surface area contributed by atoms with Crippen LogP contribution in [0.4, 0.5) is 0 Å². The first-order chi connectivity index (χ1) is 26.7. The topological polar surface area (TPSA) is 397 Å². The van der Waals surface area contributed by atoms with Crippen molar-refractivity contribution in [2.45, 2.75) is 101 Å². The molecule has 0 aliphatic carbocycles. The van der Waals surface area contributed by atoms with Gasteiger partial charge in [0.1, 0.15) is 36.3 Å². The van der Waals surface area contributed by atoms with Gasteiger partial charge in [-0.1, -0.05) is 0 Å². The predicted octanol–water partition coefficient (Wildman–Crippen LogP) is -4.23. The van der Waals surface area contributed by atoms with Crippen LogP contribution < -0.4 is 54.4 Å². The molecular weight excluding hydrogens is 795 g/mol. The largest absolute Gasteiger partial charge is 0.481 e. The monoisotopic (exact) mass is 849 g/mol. The second kappa shape index (κ2) is 28.1. The third-order valence-electron chi connectivity index (χ3n) is 7.80. The highest BCUT2D eigenvalue weighted by Crippen LogP contribution is 2.09. The summed E-state index contributed by atoms with van der Waals surface area (Å²) in [6.45, 7) is 1.19. The van der Waals surface area contributed by atoms with Gasteiger partial charge in [-0.3, -0.25) is 53.4 Å². The number of carboxylic acids is 2. The SMILES string of the molecule is CSCC[C@H](NC(=O)[C@H](CCCNC(=N)N)NC(=O)[C@H](CCSC)NC(=O)[C@H](CC(=O)O)NC(=O)[C@H](CCC(N)=O)NC(C)=O)C(=O)N[C@@H](CCC(=O)O)C(N)=O. The van der Waals surface area contributed by atoms with E-state index in [-0.39, 0.29) is 63.2 Å². The predicted molar refractivity (Wildman–Crippen MR) is 209 cm³/mol. The first kappa shape index (κ1) is 51.7. The fourth-order valence-corrected chi connectivity index (χ4v) is 5.85. The Morgan fingerprint density at radius 1 is 0.561 bits per heavy atom. The second-order valence-corrected chi connectivity index (χ2v) is 14.5. The maximum atomic E-state index is 13.8. The van der Waals surface area contributed by atoms with Crippen molar-refractivity contribution in [1.29, 1.82) is 5.41 Å². The van der Waals surface area contributed by atoms with Gasteiger partial charge in [0, 0.05) is 26.3 Å². The molecule has 0 heterocycles. The molecule has 0 saturated carbocycles. The van der Waals surface area contributed by atoms with Crippen molar-refractivity contribution in [1.82, 2.24) is 37.2 Å². The lowest BCUT2D eigenvalue weighted by molar-refractivity contribution is -0.141. The molecule has 0 radical (unpaired) electrons. The molecule has 0 aromatic heterocycles. The van der Waals surface area contributed by atoms with Crippen LogP contribution in [0.3, 0.4) is 0 Å². The van der Waals surface area contributed by atoms with Crippen LogP contribution in [0, 0.1) is 5.41 Å². The average Bonchev–Trinajstić information content (AvgIpc) is 3.11. The third-order valence-corrected chi connectivity index (χ3v) is 9.09. The van der Waals surface area contributed by atoms with Crippen LogP contribution in [0.1, 0.15) is 64.7 Å². The Morgan fingerprint density at radius 2 is 0.965 bits per heavy atom. The molecule has 322 valence electrons. The zero-order valence-electron chi connectivity index (χ0n) is 32.0. The molecule has 0 aromatic carbocycles. The van der Waals surface area contributed by atoms with Crippen molar-refractivity contribution < 1.29 is 58.2 Å². The molecule has 6 atom stereocenters. The van der Waals surface area contributed by atoms with E-state index in [4.69, 9.17) is 27.7 Å². The maximum Gasteiger partial charge on any atom is 0.305 e. The number of aliphatic carboxylic acids is 2. The number of primary amides is 2. The van der Waals surface area contributed by atoms with E-state index in [1.165, 1.54) is 23.5 Å². The van der Waals surface area contributed by atoms with Crippen LogP contribution >= 0.6 is 23.5 Å². The van der Waals surface area contributed by atoms with E-state index >= 15 is 0 Å². The van der Waals surface area contributed by atoms with E-state index in [2.05, 4.69) is 37.2 Å². The minimum atomic E-state index is -1.77. The van der Waals surface area contributed by atoms with Gasteiger partial charge in [0.25, 0.3) is 0 Å². The Kier molecular flexibility index (Phi) is 25.5. The van der Waals surface area contributed by atoms with Crippen LogP contribution in [0.25, 0.3) is 0 Å². The van der Waals surface area contributed by atoms with Gasteiger partial charge in [0.15, 0.2) is 5.96 Å². The van der Waals surface area contributed by atoms with E-state index in [1.807, 2.05) is 0 Å². The summed E-state index contributed by atoms with van der Waals surface area (Å²) in [5.74, 6) is -9.63. The molecule has 16 N–H and O–H groups in total. The van der Waals surface area contributed by atoms with Crippen LogP contribution in [0.15, 0.2) is 0 Å². The summed E-state index contributed by atoms with van der Waals surface area (Å²) in [7, 11) is 0. The number of amides is 8. The zero-order chi connectivity index (χ0) is 43.7. The highest BCUT2D eigenvalue weighted by molar-refractivity contribution is 7.98. The quantitative estimate of drug-likeness (QED) is 0.0185. The average molecular weight is 850 g/mol. The molecule has 8 amide bonds. The number of carbonyl (C=O) groups is 10. The summed E-state index contributed by atoms with van der Waals surface area (Å²) in [5, 5.41) is 42.8. The number of nitrogens with two attached hydrogens (primary N) is 3. The first-order valence-corrected chi connectivity index (χ1v) is 20.4. The molecule has 0 spiro atoms. The number of hydrogen-bond acceptors (Lipinski definition) is 13. The summed E-state index contributed by atoms with van der Waals surface area (Å²) in [6, 6.07) is -8.54. The Balaban J connectivity index is 6.41. The maximum absolute atomic E-state index is 13.8. The Labute approximate surface area is 337 Å². The third kappa shape index (κ3) is 23.4. The number of carbonyl (C=O) groups excluding carboxylic acids is 8. The molecular formula is C32H55N11O12S2. The molecule has 0 bridgehead atoms. The molecule has 0 saturated heterocycles. The number of carboxylic acid groups (broad SMARTS) is 2. The van der Waals surface area contributed by atoms with Gasteiger partial charge >= 0.3 is 11.9 Å². The second-order valence-electron chi connectivity index (χ2n) is 12.5. The number of nitrogens with one attached hydrogen (secondary N) is 8. The van der Waals surface area contributed by atoms with Crippen molar-refractivity contribution in [3.63, 3.8) is 0 Å². The van der Waals surface area contributed by atoms with Crippen LogP contribution in [-0.2, 0) is 47.9 Å². The van der Waals surface area contributed by atoms with E-state index in [0.717, 1.165) is 6.92 Å². The molecule has 0 fully saturated rings. The smallest absolute Gasteiger partial charge is 0.305 e. The van der Waals surface area contributed by atoms with E-state index in [9.17, 15) is 53.1 Å². The van der Waals surface area contributed by atoms with Gasteiger partial charge in [0.2, 0.25) is 47.3 Å². The molecule has 25 heteroatoms. The molecule has 57 heavy (non-hydrogen) atoms. The van der Waals surface area contributed by atoms with Crippen molar-refractivity contribution >= 4 is 88.7 Å². The van der Waals surface area contributed by atoms with Crippen molar-refractivity contribution in [2.24, 2.45) is 17.2 Å². The summed E-state index contributed by atoms with van der Waals surface area (Å²) in [6.07, 6.45) is 1.19. The van der Waals surface area contributed by atoms with Gasteiger partial charge in [0.05, 0.1) is 6.42 Å². The van der Waals surface area contributed by atoms with Crippen LogP contribution in [-0.4, -0.2) is 142 Å².